The number of hydrogen-bond donors (Lipinski definition) is 1. The Morgan fingerprint density at radius 1 is 1.38 bits per heavy atom. The van der Waals surface area contributed by atoms with Crippen molar-refractivity contribution in [2.24, 2.45) is 10.7 Å². The van der Waals surface area contributed by atoms with Gasteiger partial charge in [-0.15, -0.1) is 11.3 Å². The van der Waals surface area contributed by atoms with E-state index in [0.29, 0.717) is 6.42 Å². The second-order valence-corrected chi connectivity index (χ2v) is 6.83. The molecular weight excluding hydrogens is 322 g/mol. The van der Waals surface area contributed by atoms with Crippen molar-refractivity contribution in [2.45, 2.75) is 25.3 Å². The summed E-state index contributed by atoms with van der Waals surface area (Å²) >= 11 is 1.62. The predicted molar refractivity (Wildman–Crippen MR) is 97.3 cm³/mol. The average Bonchev–Trinajstić information content (AvgIpc) is 3.10. The van der Waals surface area contributed by atoms with Crippen LogP contribution in [0.2, 0.25) is 0 Å². The molecule has 1 amide bonds. The van der Waals surface area contributed by atoms with Gasteiger partial charge in [0.1, 0.15) is 11.3 Å². The third-order valence-corrected chi connectivity index (χ3v) is 5.66. The zero-order valence-electron chi connectivity index (χ0n) is 14.1. The molecule has 0 bridgehead atoms. The summed E-state index contributed by atoms with van der Waals surface area (Å²) in [5, 5.41) is 2.09. The molecule has 0 aliphatic carbocycles. The first-order chi connectivity index (χ1) is 11.5. The molecule has 1 aliphatic heterocycles. The summed E-state index contributed by atoms with van der Waals surface area (Å²) in [5.41, 5.74) is 7.58. The van der Waals surface area contributed by atoms with Gasteiger partial charge in [-0.25, -0.2) is 4.99 Å². The molecule has 24 heavy (non-hydrogen) atoms. The minimum atomic E-state index is -0.560. The quantitative estimate of drug-likeness (QED) is 0.927. The monoisotopic (exact) mass is 343 g/mol. The number of aliphatic imine (C=N–C) groups is 1. The molecular formula is C18H21N3O2S. The van der Waals surface area contributed by atoms with Crippen molar-refractivity contribution >= 4 is 23.2 Å². The van der Waals surface area contributed by atoms with Gasteiger partial charge in [-0.2, -0.15) is 0 Å². The van der Waals surface area contributed by atoms with Gasteiger partial charge in [-0.05, 0) is 41.1 Å². The Morgan fingerprint density at radius 3 is 2.83 bits per heavy atom. The van der Waals surface area contributed by atoms with Gasteiger partial charge in [0.25, 0.3) is 0 Å². The molecule has 1 aromatic carbocycles. The third-order valence-electron chi connectivity index (χ3n) is 4.54. The van der Waals surface area contributed by atoms with Crippen LogP contribution in [0.25, 0.3) is 11.1 Å². The Labute approximate surface area is 145 Å². The van der Waals surface area contributed by atoms with Gasteiger partial charge < -0.3 is 10.5 Å². The molecule has 1 unspecified atom stereocenters. The van der Waals surface area contributed by atoms with E-state index in [2.05, 4.69) is 16.4 Å². The maximum absolute atomic E-state index is 12.3. The van der Waals surface area contributed by atoms with Crippen LogP contribution in [0.3, 0.4) is 0 Å². The first kappa shape index (κ1) is 16.5. The fourth-order valence-electron chi connectivity index (χ4n) is 2.89. The van der Waals surface area contributed by atoms with Crippen LogP contribution < -0.4 is 10.5 Å². The number of ether oxygens (including phenoxy) is 1. The van der Waals surface area contributed by atoms with Gasteiger partial charge in [0.05, 0.1) is 13.5 Å². The molecule has 2 heterocycles. The van der Waals surface area contributed by atoms with E-state index in [9.17, 15) is 4.79 Å². The number of benzene rings is 1. The minimum absolute atomic E-state index is 0.000630. The Balaban J connectivity index is 2.01. The number of guanidine groups is 1. The lowest BCUT2D eigenvalue weighted by Gasteiger charge is -2.34. The number of nitrogens with two attached hydrogens (primary N) is 1. The number of amides is 1. The van der Waals surface area contributed by atoms with Crippen molar-refractivity contribution in [3.63, 3.8) is 0 Å². The molecule has 1 aromatic heterocycles. The first-order valence-electron chi connectivity index (χ1n) is 7.84. The molecule has 0 spiro atoms. The van der Waals surface area contributed by atoms with Crippen molar-refractivity contribution in [1.29, 1.82) is 0 Å². The van der Waals surface area contributed by atoms with Crippen molar-refractivity contribution in [1.82, 2.24) is 4.90 Å². The Hall–Kier alpha value is -2.34. The molecule has 0 saturated carbocycles. The second-order valence-electron chi connectivity index (χ2n) is 5.92. The third kappa shape index (κ3) is 2.78. The van der Waals surface area contributed by atoms with Crippen LogP contribution in [0.5, 0.6) is 5.75 Å². The summed E-state index contributed by atoms with van der Waals surface area (Å²) < 4.78 is 5.30. The van der Waals surface area contributed by atoms with Crippen molar-refractivity contribution in [3.05, 3.63) is 40.6 Å². The molecule has 0 saturated heterocycles. The van der Waals surface area contributed by atoms with E-state index < -0.39 is 5.54 Å². The average molecular weight is 343 g/mol. The Kier molecular flexibility index (Phi) is 4.32. The van der Waals surface area contributed by atoms with E-state index in [-0.39, 0.29) is 11.9 Å². The van der Waals surface area contributed by atoms with Gasteiger partial charge in [0, 0.05) is 11.9 Å². The summed E-state index contributed by atoms with van der Waals surface area (Å²) in [7, 11) is 3.32. The van der Waals surface area contributed by atoms with Crippen molar-refractivity contribution in [3.8, 4) is 16.9 Å². The summed E-state index contributed by atoms with van der Waals surface area (Å²) in [6, 6.07) is 10.0. The van der Waals surface area contributed by atoms with Crippen molar-refractivity contribution in [2.75, 3.05) is 14.2 Å². The number of rotatable bonds is 4. The number of nitrogens with zero attached hydrogens (tertiary/aromatic N) is 2. The van der Waals surface area contributed by atoms with E-state index in [1.54, 1.807) is 25.5 Å². The van der Waals surface area contributed by atoms with Crippen LogP contribution in [-0.2, 0) is 10.3 Å². The van der Waals surface area contributed by atoms with E-state index in [4.69, 9.17) is 10.5 Å². The molecule has 6 heteroatoms. The maximum Gasteiger partial charge on any atom is 0.231 e. The summed E-state index contributed by atoms with van der Waals surface area (Å²) in [5.74, 6) is 1.10. The molecule has 0 radical (unpaired) electrons. The first-order valence-corrected chi connectivity index (χ1v) is 8.72. The summed E-state index contributed by atoms with van der Waals surface area (Å²) in [6.07, 6.45) is 1.07. The predicted octanol–water partition coefficient (Wildman–Crippen LogP) is 3.21. The topological polar surface area (TPSA) is 67.9 Å². The largest absolute Gasteiger partial charge is 0.497 e. The fourth-order valence-corrected chi connectivity index (χ4v) is 4.02. The lowest BCUT2D eigenvalue weighted by Crippen LogP contribution is -2.48. The van der Waals surface area contributed by atoms with E-state index in [0.717, 1.165) is 28.2 Å². The zero-order valence-corrected chi connectivity index (χ0v) is 14.9. The molecule has 1 aliphatic rings. The van der Waals surface area contributed by atoms with Crippen LogP contribution in [0, 0.1) is 0 Å². The highest BCUT2D eigenvalue weighted by Gasteiger charge is 2.39. The van der Waals surface area contributed by atoms with Crippen LogP contribution in [0.4, 0.5) is 0 Å². The lowest BCUT2D eigenvalue weighted by molar-refractivity contribution is -0.128. The van der Waals surface area contributed by atoms with Gasteiger partial charge in [0.2, 0.25) is 5.91 Å². The highest BCUT2D eigenvalue weighted by atomic mass is 32.1. The highest BCUT2D eigenvalue weighted by molar-refractivity contribution is 7.10. The van der Waals surface area contributed by atoms with Crippen LogP contribution in [0.1, 0.15) is 24.6 Å². The molecule has 2 aromatic rings. The maximum atomic E-state index is 12.3. The van der Waals surface area contributed by atoms with Crippen LogP contribution in [-0.4, -0.2) is 30.9 Å². The zero-order chi connectivity index (χ0) is 17.3. The summed E-state index contributed by atoms with van der Waals surface area (Å²) in [6.45, 7) is 2.04. The SMILES string of the molecule is CCC1(c2cc(-c3cccc(OC)c3)cs2)CC(=O)N(C)C(N)=N1. The molecule has 2 N–H and O–H groups in total. The van der Waals surface area contributed by atoms with Gasteiger partial charge >= 0.3 is 0 Å². The Bertz CT molecular complexity index is 799. The highest BCUT2D eigenvalue weighted by Crippen LogP contribution is 2.41. The molecule has 126 valence electrons. The number of hydrogen-bond acceptors (Lipinski definition) is 5. The van der Waals surface area contributed by atoms with E-state index >= 15 is 0 Å². The van der Waals surface area contributed by atoms with E-state index in [1.807, 2.05) is 31.2 Å². The molecule has 0 fully saturated rings. The molecule has 3 rings (SSSR count). The number of thiophene rings is 1. The Morgan fingerprint density at radius 2 is 2.17 bits per heavy atom. The molecule has 1 atom stereocenters. The second kappa shape index (κ2) is 6.28. The molecule has 5 nitrogen and oxygen atoms in total. The minimum Gasteiger partial charge on any atom is -0.497 e. The standard InChI is InChI=1S/C18H21N3O2S/c1-4-18(10-16(22)21(2)17(19)20-18)15-9-13(11-24-15)12-6-5-7-14(8-12)23-3/h5-9,11H,4,10H2,1-3H3,(H2,19,20). The van der Waals surface area contributed by atoms with E-state index in [1.165, 1.54) is 4.90 Å². The van der Waals surface area contributed by atoms with Crippen LogP contribution >= 0.6 is 11.3 Å². The lowest BCUT2D eigenvalue weighted by atomic mass is 9.88. The number of carbonyl (C=O) groups excluding carboxylic acids is 1. The van der Waals surface area contributed by atoms with Gasteiger partial charge in [-0.3, -0.25) is 9.69 Å². The number of methoxy groups -OCH3 is 1. The van der Waals surface area contributed by atoms with Gasteiger partial charge in [-0.1, -0.05) is 19.1 Å². The number of carbonyl (C=O) groups is 1. The van der Waals surface area contributed by atoms with Crippen LogP contribution in [0.15, 0.2) is 40.7 Å². The summed E-state index contributed by atoms with van der Waals surface area (Å²) in [4.78, 5) is 19.4. The smallest absolute Gasteiger partial charge is 0.231 e. The van der Waals surface area contributed by atoms with Crippen molar-refractivity contribution < 1.29 is 9.53 Å². The van der Waals surface area contributed by atoms with Gasteiger partial charge in [0.15, 0.2) is 5.96 Å². The normalized spacial score (nSPS) is 20.9. The fraction of sp³-hybridized carbons (Fsp3) is 0.333.